The quantitative estimate of drug-likeness (QED) is 0.623. The summed E-state index contributed by atoms with van der Waals surface area (Å²) in [6, 6.07) is 7.56. The molecule has 148 valence electrons. The number of fused-ring (bicyclic) bond motifs is 1. The van der Waals surface area contributed by atoms with Crippen molar-refractivity contribution in [3.8, 4) is 5.75 Å². The molecule has 0 aliphatic rings. The maximum absolute atomic E-state index is 13.0. The fraction of sp³-hybridized carbons (Fsp3) is 0.545. The summed E-state index contributed by atoms with van der Waals surface area (Å²) in [7, 11) is 0. The molecule has 0 saturated carbocycles. The van der Waals surface area contributed by atoms with Crippen LogP contribution in [0.1, 0.15) is 53.9 Å². The standard InChI is InChI=1S/C22H32N2O3/c1-6-12-22(5,27-14-7-2)21(25)24-18-10-11-19(26-15-16(3)4)20-17(18)9-8-13-23-20/h8-11,13,16H,6-7,12,14-15H2,1-5H3,(H,24,25). The highest BCUT2D eigenvalue weighted by Gasteiger charge is 2.33. The van der Waals surface area contributed by atoms with Gasteiger partial charge in [-0.3, -0.25) is 9.78 Å². The molecule has 0 radical (unpaired) electrons. The van der Waals surface area contributed by atoms with Crippen molar-refractivity contribution < 1.29 is 14.3 Å². The molecule has 27 heavy (non-hydrogen) atoms. The van der Waals surface area contributed by atoms with Crippen LogP contribution in [-0.2, 0) is 9.53 Å². The number of pyridine rings is 1. The second-order valence-electron chi connectivity index (χ2n) is 7.50. The Morgan fingerprint density at radius 3 is 2.67 bits per heavy atom. The van der Waals surface area contributed by atoms with E-state index in [-0.39, 0.29) is 5.91 Å². The summed E-state index contributed by atoms with van der Waals surface area (Å²) in [5.74, 6) is 1.03. The number of carbonyl (C=O) groups is 1. The normalized spacial score (nSPS) is 13.6. The molecule has 0 aliphatic heterocycles. The molecule has 2 rings (SSSR count). The molecule has 5 heteroatoms. The highest BCUT2D eigenvalue weighted by atomic mass is 16.5. The second-order valence-corrected chi connectivity index (χ2v) is 7.50. The van der Waals surface area contributed by atoms with Gasteiger partial charge in [0.1, 0.15) is 16.9 Å². The van der Waals surface area contributed by atoms with E-state index in [1.54, 1.807) is 6.20 Å². The molecule has 1 heterocycles. The Labute approximate surface area is 162 Å². The fourth-order valence-electron chi connectivity index (χ4n) is 2.94. The van der Waals surface area contributed by atoms with Crippen molar-refractivity contribution in [3.05, 3.63) is 30.5 Å². The first-order chi connectivity index (χ1) is 12.9. The van der Waals surface area contributed by atoms with Crippen molar-refractivity contribution in [1.29, 1.82) is 0 Å². The number of amides is 1. The zero-order chi connectivity index (χ0) is 19.9. The summed E-state index contributed by atoms with van der Waals surface area (Å²) in [4.78, 5) is 17.5. The molecule has 1 N–H and O–H groups in total. The van der Waals surface area contributed by atoms with E-state index in [4.69, 9.17) is 9.47 Å². The number of ether oxygens (including phenoxy) is 2. The molecule has 0 fully saturated rings. The number of hydrogen-bond acceptors (Lipinski definition) is 4. The van der Waals surface area contributed by atoms with Crippen LogP contribution in [0, 0.1) is 5.92 Å². The van der Waals surface area contributed by atoms with Crippen LogP contribution in [0.15, 0.2) is 30.5 Å². The Morgan fingerprint density at radius 2 is 2.00 bits per heavy atom. The van der Waals surface area contributed by atoms with Gasteiger partial charge >= 0.3 is 0 Å². The maximum atomic E-state index is 13.0. The number of rotatable bonds is 10. The third kappa shape index (κ3) is 5.42. The lowest BCUT2D eigenvalue weighted by Gasteiger charge is -2.28. The van der Waals surface area contributed by atoms with Crippen molar-refractivity contribution in [3.63, 3.8) is 0 Å². The molecule has 0 aliphatic carbocycles. The highest BCUT2D eigenvalue weighted by molar-refractivity contribution is 6.05. The summed E-state index contributed by atoms with van der Waals surface area (Å²) in [5, 5.41) is 3.91. The smallest absolute Gasteiger partial charge is 0.256 e. The van der Waals surface area contributed by atoms with E-state index in [0.29, 0.717) is 25.6 Å². The minimum Gasteiger partial charge on any atom is -0.491 e. The van der Waals surface area contributed by atoms with Gasteiger partial charge in [0.05, 0.1) is 12.3 Å². The lowest BCUT2D eigenvalue weighted by molar-refractivity contribution is -0.140. The van der Waals surface area contributed by atoms with Gasteiger partial charge < -0.3 is 14.8 Å². The Morgan fingerprint density at radius 1 is 1.22 bits per heavy atom. The monoisotopic (exact) mass is 372 g/mol. The van der Waals surface area contributed by atoms with Gasteiger partial charge in [0.2, 0.25) is 0 Å². The summed E-state index contributed by atoms with van der Waals surface area (Å²) in [6.45, 7) is 11.4. The van der Waals surface area contributed by atoms with Gasteiger partial charge in [-0.1, -0.05) is 34.1 Å². The first-order valence-electron chi connectivity index (χ1n) is 9.87. The number of benzene rings is 1. The summed E-state index contributed by atoms with van der Waals surface area (Å²) in [5.41, 5.74) is 0.636. The zero-order valence-electron chi connectivity index (χ0n) is 17.2. The molecular weight excluding hydrogens is 340 g/mol. The van der Waals surface area contributed by atoms with Gasteiger partial charge in [0, 0.05) is 18.2 Å². The highest BCUT2D eigenvalue weighted by Crippen LogP contribution is 2.31. The third-order valence-electron chi connectivity index (χ3n) is 4.39. The van der Waals surface area contributed by atoms with Crippen LogP contribution in [0.5, 0.6) is 5.75 Å². The fourth-order valence-corrected chi connectivity index (χ4v) is 2.94. The molecule has 5 nitrogen and oxygen atoms in total. The molecule has 1 aromatic heterocycles. The van der Waals surface area contributed by atoms with E-state index in [2.05, 4.69) is 31.1 Å². The first-order valence-corrected chi connectivity index (χ1v) is 9.87. The number of aromatic nitrogens is 1. The van der Waals surface area contributed by atoms with Crippen LogP contribution in [-0.4, -0.2) is 29.7 Å². The largest absolute Gasteiger partial charge is 0.491 e. The van der Waals surface area contributed by atoms with E-state index in [0.717, 1.165) is 35.2 Å². The summed E-state index contributed by atoms with van der Waals surface area (Å²) >= 11 is 0. The van der Waals surface area contributed by atoms with E-state index >= 15 is 0 Å². The van der Waals surface area contributed by atoms with Crippen molar-refractivity contribution in [2.75, 3.05) is 18.5 Å². The van der Waals surface area contributed by atoms with Crippen LogP contribution >= 0.6 is 0 Å². The first kappa shape index (κ1) is 21.2. The molecule has 2 aromatic rings. The Hall–Kier alpha value is -2.14. The number of carbonyl (C=O) groups excluding carboxylic acids is 1. The Bertz CT molecular complexity index is 760. The molecule has 1 unspecified atom stereocenters. The minimum absolute atomic E-state index is 0.126. The van der Waals surface area contributed by atoms with Crippen LogP contribution in [0.2, 0.25) is 0 Å². The summed E-state index contributed by atoms with van der Waals surface area (Å²) in [6.07, 6.45) is 4.16. The third-order valence-corrected chi connectivity index (χ3v) is 4.39. The maximum Gasteiger partial charge on any atom is 0.256 e. The molecule has 0 saturated heterocycles. The van der Waals surface area contributed by atoms with Crippen molar-refractivity contribution in [1.82, 2.24) is 4.98 Å². The minimum atomic E-state index is -0.841. The van der Waals surface area contributed by atoms with Crippen LogP contribution in [0.25, 0.3) is 10.9 Å². The predicted molar refractivity (Wildman–Crippen MR) is 110 cm³/mol. The Kier molecular flexibility index (Phi) is 7.60. The van der Waals surface area contributed by atoms with E-state index in [9.17, 15) is 4.79 Å². The van der Waals surface area contributed by atoms with Crippen LogP contribution in [0.4, 0.5) is 5.69 Å². The molecule has 1 amide bonds. The van der Waals surface area contributed by atoms with Crippen LogP contribution in [0.3, 0.4) is 0 Å². The Balaban J connectivity index is 2.30. The van der Waals surface area contributed by atoms with Crippen LogP contribution < -0.4 is 10.1 Å². The van der Waals surface area contributed by atoms with Gasteiger partial charge in [0.15, 0.2) is 0 Å². The molecular formula is C22H32N2O3. The number of nitrogens with zero attached hydrogens (tertiary/aromatic N) is 1. The van der Waals surface area contributed by atoms with E-state index in [1.807, 2.05) is 38.1 Å². The molecule has 1 atom stereocenters. The van der Waals surface area contributed by atoms with Crippen molar-refractivity contribution in [2.24, 2.45) is 5.92 Å². The lowest BCUT2D eigenvalue weighted by atomic mass is 9.98. The topological polar surface area (TPSA) is 60.5 Å². The summed E-state index contributed by atoms with van der Waals surface area (Å²) < 4.78 is 11.8. The number of nitrogens with one attached hydrogen (secondary N) is 1. The second kappa shape index (κ2) is 9.70. The SMILES string of the molecule is CCCOC(C)(CCC)C(=O)Nc1ccc(OCC(C)C)c2ncccc12. The average Bonchev–Trinajstić information content (AvgIpc) is 2.65. The van der Waals surface area contributed by atoms with E-state index < -0.39 is 5.60 Å². The molecule has 0 spiro atoms. The zero-order valence-corrected chi connectivity index (χ0v) is 17.2. The average molecular weight is 373 g/mol. The van der Waals surface area contributed by atoms with Gasteiger partial charge in [-0.15, -0.1) is 0 Å². The molecule has 0 bridgehead atoms. The lowest BCUT2D eigenvalue weighted by Crippen LogP contribution is -2.43. The van der Waals surface area contributed by atoms with Crippen molar-refractivity contribution >= 4 is 22.5 Å². The number of anilines is 1. The van der Waals surface area contributed by atoms with Crippen molar-refractivity contribution in [2.45, 2.75) is 59.5 Å². The van der Waals surface area contributed by atoms with Gasteiger partial charge in [-0.05, 0) is 49.9 Å². The number of hydrogen-bond donors (Lipinski definition) is 1. The van der Waals surface area contributed by atoms with Gasteiger partial charge in [-0.25, -0.2) is 0 Å². The van der Waals surface area contributed by atoms with Gasteiger partial charge in [-0.2, -0.15) is 0 Å². The van der Waals surface area contributed by atoms with E-state index in [1.165, 1.54) is 0 Å². The molecule has 1 aromatic carbocycles. The van der Waals surface area contributed by atoms with Gasteiger partial charge in [0.25, 0.3) is 5.91 Å². The predicted octanol–water partition coefficient (Wildman–Crippen LogP) is 5.19.